The molecule has 1 saturated carbocycles. The number of hydrogen-bond acceptors (Lipinski definition) is 5. The Morgan fingerprint density at radius 1 is 1.53 bits per heavy atom. The lowest BCUT2D eigenvalue weighted by molar-refractivity contribution is 0.130. The minimum atomic E-state index is -3.79. The Balaban J connectivity index is 1.88. The standard InChI is InChI=1S/C9H17N3O4S/c1-2-16-8(13)11-17(14,15)12-5-9(10,6-12)7-3-4-7/h7H,2-6,10H2,1H3,(H,11,13). The van der Waals surface area contributed by atoms with Gasteiger partial charge in [-0.3, -0.25) is 0 Å². The fourth-order valence-corrected chi connectivity index (χ4v) is 3.25. The molecule has 1 heterocycles. The van der Waals surface area contributed by atoms with Crippen LogP contribution in [0.15, 0.2) is 0 Å². The molecule has 17 heavy (non-hydrogen) atoms. The number of carbonyl (C=O) groups is 1. The van der Waals surface area contributed by atoms with E-state index in [1.807, 2.05) is 4.72 Å². The zero-order chi connectivity index (χ0) is 12.7. The largest absolute Gasteiger partial charge is 0.449 e. The molecule has 0 unspecified atom stereocenters. The van der Waals surface area contributed by atoms with Crippen molar-refractivity contribution in [2.45, 2.75) is 25.3 Å². The summed E-state index contributed by atoms with van der Waals surface area (Å²) in [4.78, 5) is 11.0. The number of nitrogens with one attached hydrogen (secondary N) is 1. The fraction of sp³-hybridized carbons (Fsp3) is 0.889. The second-order valence-corrected chi connectivity index (χ2v) is 6.27. The first kappa shape index (κ1) is 12.6. The van der Waals surface area contributed by atoms with E-state index in [4.69, 9.17) is 5.73 Å². The first-order valence-corrected chi connectivity index (χ1v) is 7.05. The van der Waals surface area contributed by atoms with Crippen molar-refractivity contribution in [3.8, 4) is 0 Å². The minimum Gasteiger partial charge on any atom is -0.449 e. The van der Waals surface area contributed by atoms with Gasteiger partial charge in [-0.2, -0.15) is 12.7 Å². The van der Waals surface area contributed by atoms with Crippen LogP contribution in [-0.4, -0.2) is 44.1 Å². The molecular weight excluding hydrogens is 246 g/mol. The van der Waals surface area contributed by atoms with Gasteiger partial charge in [0.15, 0.2) is 0 Å². The highest BCUT2D eigenvalue weighted by molar-refractivity contribution is 7.87. The zero-order valence-corrected chi connectivity index (χ0v) is 10.5. The maximum atomic E-state index is 11.7. The van der Waals surface area contributed by atoms with Gasteiger partial charge in [0.25, 0.3) is 0 Å². The first-order valence-electron chi connectivity index (χ1n) is 5.61. The quantitative estimate of drug-likeness (QED) is 0.705. The van der Waals surface area contributed by atoms with Crippen molar-refractivity contribution < 1.29 is 17.9 Å². The zero-order valence-electron chi connectivity index (χ0n) is 9.68. The number of hydrogen-bond donors (Lipinski definition) is 2. The van der Waals surface area contributed by atoms with Crippen LogP contribution < -0.4 is 10.5 Å². The number of nitrogens with two attached hydrogens (primary N) is 1. The summed E-state index contributed by atoms with van der Waals surface area (Å²) < 4.78 is 30.9. The first-order chi connectivity index (χ1) is 7.87. The highest BCUT2D eigenvalue weighted by Gasteiger charge is 2.53. The van der Waals surface area contributed by atoms with E-state index in [0.717, 1.165) is 12.8 Å². The van der Waals surface area contributed by atoms with E-state index in [1.54, 1.807) is 6.92 Å². The topological polar surface area (TPSA) is 102 Å². The third kappa shape index (κ3) is 2.53. The van der Waals surface area contributed by atoms with Gasteiger partial charge in [-0.15, -0.1) is 0 Å². The molecule has 7 nitrogen and oxygen atoms in total. The second-order valence-electron chi connectivity index (χ2n) is 4.60. The van der Waals surface area contributed by atoms with Crippen LogP contribution in [0.4, 0.5) is 4.79 Å². The van der Waals surface area contributed by atoms with E-state index in [-0.39, 0.29) is 19.7 Å². The van der Waals surface area contributed by atoms with Crippen molar-refractivity contribution >= 4 is 16.3 Å². The maximum Gasteiger partial charge on any atom is 0.421 e. The van der Waals surface area contributed by atoms with Crippen molar-refractivity contribution in [1.29, 1.82) is 0 Å². The summed E-state index contributed by atoms with van der Waals surface area (Å²) in [5, 5.41) is 0. The Morgan fingerprint density at radius 2 is 2.12 bits per heavy atom. The van der Waals surface area contributed by atoms with Crippen LogP contribution in [0.1, 0.15) is 19.8 Å². The summed E-state index contributed by atoms with van der Waals surface area (Å²) in [6.07, 6.45) is 1.18. The van der Waals surface area contributed by atoms with E-state index in [0.29, 0.717) is 5.92 Å². The van der Waals surface area contributed by atoms with Crippen LogP contribution >= 0.6 is 0 Å². The van der Waals surface area contributed by atoms with Crippen LogP contribution in [-0.2, 0) is 14.9 Å². The lowest BCUT2D eigenvalue weighted by Crippen LogP contribution is -2.71. The number of ether oxygens (including phenoxy) is 1. The van der Waals surface area contributed by atoms with Gasteiger partial charge in [0.1, 0.15) is 0 Å². The van der Waals surface area contributed by atoms with Crippen molar-refractivity contribution in [3.63, 3.8) is 0 Å². The van der Waals surface area contributed by atoms with Gasteiger partial charge >= 0.3 is 16.3 Å². The monoisotopic (exact) mass is 263 g/mol. The summed E-state index contributed by atoms with van der Waals surface area (Å²) in [6, 6.07) is 0. The number of carbonyl (C=O) groups excluding carboxylic acids is 1. The van der Waals surface area contributed by atoms with Crippen LogP contribution in [0.5, 0.6) is 0 Å². The van der Waals surface area contributed by atoms with Crippen molar-refractivity contribution in [2.75, 3.05) is 19.7 Å². The Hall–Kier alpha value is -0.860. The summed E-state index contributed by atoms with van der Waals surface area (Å²) in [5.41, 5.74) is 5.64. The lowest BCUT2D eigenvalue weighted by atomic mass is 9.88. The molecule has 0 bridgehead atoms. The van der Waals surface area contributed by atoms with E-state index < -0.39 is 21.8 Å². The molecule has 2 fully saturated rings. The molecule has 0 aromatic rings. The van der Waals surface area contributed by atoms with Crippen LogP contribution in [0, 0.1) is 5.92 Å². The van der Waals surface area contributed by atoms with E-state index in [9.17, 15) is 13.2 Å². The molecule has 1 saturated heterocycles. The molecule has 98 valence electrons. The Bertz CT molecular complexity index is 412. The lowest BCUT2D eigenvalue weighted by Gasteiger charge is -2.46. The van der Waals surface area contributed by atoms with Gasteiger partial charge in [0, 0.05) is 18.6 Å². The van der Waals surface area contributed by atoms with Gasteiger partial charge < -0.3 is 10.5 Å². The van der Waals surface area contributed by atoms with E-state index >= 15 is 0 Å². The molecule has 0 aromatic carbocycles. The molecule has 0 aromatic heterocycles. The Kier molecular flexibility index (Phi) is 3.04. The van der Waals surface area contributed by atoms with Gasteiger partial charge in [-0.1, -0.05) is 0 Å². The molecule has 8 heteroatoms. The molecule has 0 spiro atoms. The predicted molar refractivity (Wildman–Crippen MR) is 60.3 cm³/mol. The summed E-state index contributed by atoms with van der Waals surface area (Å²) in [7, 11) is -3.79. The number of nitrogens with zero attached hydrogens (tertiary/aromatic N) is 1. The smallest absolute Gasteiger partial charge is 0.421 e. The average molecular weight is 263 g/mol. The molecule has 3 N–H and O–H groups in total. The molecule has 1 amide bonds. The van der Waals surface area contributed by atoms with Crippen LogP contribution in [0.3, 0.4) is 0 Å². The molecule has 1 aliphatic carbocycles. The Labute approximate surface area is 100 Å². The second kappa shape index (κ2) is 4.11. The predicted octanol–water partition coefficient (Wildman–Crippen LogP) is -0.600. The van der Waals surface area contributed by atoms with Crippen LogP contribution in [0.2, 0.25) is 0 Å². The number of amides is 1. The van der Waals surface area contributed by atoms with Gasteiger partial charge in [0.2, 0.25) is 0 Å². The third-order valence-electron chi connectivity index (χ3n) is 3.16. The highest BCUT2D eigenvalue weighted by atomic mass is 32.2. The van der Waals surface area contributed by atoms with Crippen molar-refractivity contribution in [2.24, 2.45) is 11.7 Å². The molecule has 0 radical (unpaired) electrons. The van der Waals surface area contributed by atoms with E-state index in [1.165, 1.54) is 4.31 Å². The van der Waals surface area contributed by atoms with Gasteiger partial charge in [-0.25, -0.2) is 9.52 Å². The summed E-state index contributed by atoms with van der Waals surface area (Å²) in [6.45, 7) is 2.27. The maximum absolute atomic E-state index is 11.7. The third-order valence-corrected chi connectivity index (χ3v) is 4.52. The van der Waals surface area contributed by atoms with Gasteiger partial charge in [-0.05, 0) is 25.7 Å². The van der Waals surface area contributed by atoms with Crippen molar-refractivity contribution in [3.05, 3.63) is 0 Å². The normalized spacial score (nSPS) is 23.9. The molecule has 0 atom stereocenters. The molecule has 2 aliphatic rings. The summed E-state index contributed by atoms with van der Waals surface area (Å²) in [5.74, 6) is 0.427. The Morgan fingerprint density at radius 3 is 2.59 bits per heavy atom. The van der Waals surface area contributed by atoms with Crippen LogP contribution in [0.25, 0.3) is 0 Å². The molecule has 1 aliphatic heterocycles. The van der Waals surface area contributed by atoms with Crippen molar-refractivity contribution in [1.82, 2.24) is 9.03 Å². The SMILES string of the molecule is CCOC(=O)NS(=O)(=O)N1CC(N)(C2CC2)C1. The molecule has 2 rings (SSSR count). The highest BCUT2D eigenvalue weighted by Crippen LogP contribution is 2.43. The fourth-order valence-electron chi connectivity index (χ4n) is 2.03. The average Bonchev–Trinajstić information content (AvgIpc) is 2.95. The van der Waals surface area contributed by atoms with Gasteiger partial charge in [0.05, 0.1) is 6.61 Å². The minimum absolute atomic E-state index is 0.129. The molecular formula is C9H17N3O4S. The summed E-state index contributed by atoms with van der Waals surface area (Å²) >= 11 is 0. The number of rotatable bonds is 4. The van der Waals surface area contributed by atoms with E-state index in [2.05, 4.69) is 4.74 Å².